The molecule has 4 nitrogen and oxygen atoms in total. The third-order valence-corrected chi connectivity index (χ3v) is 5.50. The maximum Gasteiger partial charge on any atom is 0.180 e. The number of hydrogen-bond acceptors (Lipinski definition) is 4. The van der Waals surface area contributed by atoms with Gasteiger partial charge in [0.05, 0.1) is 16.3 Å². The van der Waals surface area contributed by atoms with E-state index >= 15 is 0 Å². The van der Waals surface area contributed by atoms with Crippen molar-refractivity contribution in [2.75, 3.05) is 30.8 Å². The predicted molar refractivity (Wildman–Crippen MR) is 83.1 cm³/mol. The summed E-state index contributed by atoms with van der Waals surface area (Å²) in [7, 11) is -1.22. The molecule has 0 spiro atoms. The lowest BCUT2D eigenvalue weighted by molar-refractivity contribution is 0.594. The molecule has 5 heteroatoms. The van der Waals surface area contributed by atoms with Crippen LogP contribution in [0.2, 0.25) is 0 Å². The molecule has 0 aliphatic heterocycles. The molecular weight excluding hydrogens is 272 g/mol. The third-order valence-electron chi connectivity index (χ3n) is 3.54. The minimum atomic E-state index is -3.18. The highest BCUT2D eigenvalue weighted by molar-refractivity contribution is 7.91. The van der Waals surface area contributed by atoms with E-state index in [4.69, 9.17) is 0 Å². The van der Waals surface area contributed by atoms with Gasteiger partial charge in [-0.05, 0) is 31.4 Å². The van der Waals surface area contributed by atoms with Gasteiger partial charge < -0.3 is 10.2 Å². The van der Waals surface area contributed by atoms with Crippen LogP contribution in [0, 0.1) is 0 Å². The second-order valence-corrected chi connectivity index (χ2v) is 7.51. The van der Waals surface area contributed by atoms with Crippen molar-refractivity contribution >= 4 is 15.5 Å². The molecule has 1 saturated carbocycles. The molecular formula is C15H24N2O2S. The number of anilines is 1. The number of rotatable bonds is 8. The molecule has 0 amide bonds. The Hall–Kier alpha value is -1.07. The predicted octanol–water partition coefficient (Wildman–Crippen LogP) is 2.06. The van der Waals surface area contributed by atoms with E-state index in [9.17, 15) is 8.42 Å². The molecule has 1 aliphatic rings. The van der Waals surface area contributed by atoms with E-state index < -0.39 is 9.84 Å². The smallest absolute Gasteiger partial charge is 0.180 e. The SMILES string of the molecule is CCCS(=O)(=O)c1ccccc1N(C)CCNC1CC1. The van der Waals surface area contributed by atoms with Crippen LogP contribution in [-0.2, 0) is 9.84 Å². The summed E-state index contributed by atoms with van der Waals surface area (Å²) < 4.78 is 24.6. The largest absolute Gasteiger partial charge is 0.372 e. The maximum atomic E-state index is 12.3. The Labute approximate surface area is 122 Å². The summed E-state index contributed by atoms with van der Waals surface area (Å²) in [5.41, 5.74) is 0.804. The molecule has 1 aromatic carbocycles. The molecule has 1 aromatic rings. The van der Waals surface area contributed by atoms with Gasteiger partial charge in [0, 0.05) is 26.2 Å². The lowest BCUT2D eigenvalue weighted by Gasteiger charge is -2.22. The zero-order valence-electron chi connectivity index (χ0n) is 12.3. The second-order valence-electron chi connectivity index (χ2n) is 5.44. The highest BCUT2D eigenvalue weighted by Crippen LogP contribution is 2.25. The first kappa shape index (κ1) is 15.3. The molecule has 20 heavy (non-hydrogen) atoms. The zero-order chi connectivity index (χ0) is 14.6. The Kier molecular flexibility index (Phi) is 5.05. The third kappa shape index (κ3) is 3.96. The highest BCUT2D eigenvalue weighted by atomic mass is 32.2. The fourth-order valence-electron chi connectivity index (χ4n) is 2.26. The molecule has 1 fully saturated rings. The number of para-hydroxylation sites is 1. The van der Waals surface area contributed by atoms with Crippen molar-refractivity contribution in [2.24, 2.45) is 0 Å². The van der Waals surface area contributed by atoms with Crippen molar-refractivity contribution < 1.29 is 8.42 Å². The molecule has 1 aliphatic carbocycles. The molecule has 2 rings (SSSR count). The number of hydrogen-bond donors (Lipinski definition) is 1. The number of benzene rings is 1. The monoisotopic (exact) mass is 296 g/mol. The minimum Gasteiger partial charge on any atom is -0.372 e. The van der Waals surface area contributed by atoms with E-state index in [1.54, 1.807) is 12.1 Å². The number of likely N-dealkylation sites (N-methyl/N-ethyl adjacent to an activating group) is 1. The molecule has 0 aromatic heterocycles. The average Bonchev–Trinajstić information content (AvgIpc) is 3.23. The van der Waals surface area contributed by atoms with Crippen molar-refractivity contribution in [3.05, 3.63) is 24.3 Å². The minimum absolute atomic E-state index is 0.207. The van der Waals surface area contributed by atoms with Crippen molar-refractivity contribution in [1.82, 2.24) is 5.32 Å². The van der Waals surface area contributed by atoms with Crippen LogP contribution in [0.4, 0.5) is 5.69 Å². The summed E-state index contributed by atoms with van der Waals surface area (Å²) in [4.78, 5) is 2.48. The van der Waals surface area contributed by atoms with Crippen LogP contribution in [0.1, 0.15) is 26.2 Å². The van der Waals surface area contributed by atoms with Crippen LogP contribution in [0.5, 0.6) is 0 Å². The van der Waals surface area contributed by atoms with E-state index in [0.717, 1.165) is 18.8 Å². The average molecular weight is 296 g/mol. The molecule has 112 valence electrons. The van der Waals surface area contributed by atoms with Gasteiger partial charge in [-0.2, -0.15) is 0 Å². The summed E-state index contributed by atoms with van der Waals surface area (Å²) in [6, 6.07) is 7.97. The van der Waals surface area contributed by atoms with Gasteiger partial charge in [-0.25, -0.2) is 8.42 Å². The fourth-order valence-corrected chi connectivity index (χ4v) is 3.84. The molecule has 0 atom stereocenters. The van der Waals surface area contributed by atoms with E-state index in [-0.39, 0.29) is 5.75 Å². The normalized spacial score (nSPS) is 15.3. The number of nitrogens with one attached hydrogen (secondary N) is 1. The van der Waals surface area contributed by atoms with E-state index in [2.05, 4.69) is 5.32 Å². The first-order valence-electron chi connectivity index (χ1n) is 7.31. The topological polar surface area (TPSA) is 49.4 Å². The van der Waals surface area contributed by atoms with Crippen LogP contribution in [0.3, 0.4) is 0 Å². The Balaban J connectivity index is 2.09. The number of nitrogens with zero attached hydrogens (tertiary/aromatic N) is 1. The molecule has 0 unspecified atom stereocenters. The summed E-state index contributed by atoms with van der Waals surface area (Å²) in [5, 5.41) is 3.45. The van der Waals surface area contributed by atoms with Gasteiger partial charge in [0.25, 0.3) is 0 Å². The van der Waals surface area contributed by atoms with Gasteiger partial charge in [0.1, 0.15) is 0 Å². The Morgan fingerprint density at radius 3 is 2.65 bits per heavy atom. The summed E-state index contributed by atoms with van der Waals surface area (Å²) in [6.45, 7) is 3.60. The van der Waals surface area contributed by atoms with Gasteiger partial charge in [0.15, 0.2) is 9.84 Å². The molecule has 0 radical (unpaired) electrons. The Morgan fingerprint density at radius 1 is 1.30 bits per heavy atom. The summed E-state index contributed by atoms with van der Waals surface area (Å²) in [6.07, 6.45) is 3.18. The van der Waals surface area contributed by atoms with E-state index in [1.807, 2.05) is 31.0 Å². The molecule has 0 bridgehead atoms. The van der Waals surface area contributed by atoms with Gasteiger partial charge >= 0.3 is 0 Å². The quantitative estimate of drug-likeness (QED) is 0.798. The van der Waals surface area contributed by atoms with Crippen LogP contribution < -0.4 is 10.2 Å². The van der Waals surface area contributed by atoms with Crippen molar-refractivity contribution in [3.63, 3.8) is 0 Å². The van der Waals surface area contributed by atoms with Crippen LogP contribution >= 0.6 is 0 Å². The Morgan fingerprint density at radius 2 is 2.00 bits per heavy atom. The van der Waals surface area contributed by atoms with Crippen molar-refractivity contribution in [2.45, 2.75) is 37.1 Å². The summed E-state index contributed by atoms with van der Waals surface area (Å²) in [5.74, 6) is 0.207. The highest BCUT2D eigenvalue weighted by Gasteiger charge is 2.21. The fraction of sp³-hybridized carbons (Fsp3) is 0.600. The summed E-state index contributed by atoms with van der Waals surface area (Å²) >= 11 is 0. The zero-order valence-corrected chi connectivity index (χ0v) is 13.1. The lowest BCUT2D eigenvalue weighted by Crippen LogP contribution is -2.31. The van der Waals surface area contributed by atoms with Crippen molar-refractivity contribution in [1.29, 1.82) is 0 Å². The Bertz CT molecular complexity index is 539. The van der Waals surface area contributed by atoms with Crippen LogP contribution in [0.25, 0.3) is 0 Å². The lowest BCUT2D eigenvalue weighted by atomic mass is 10.3. The van der Waals surface area contributed by atoms with Gasteiger partial charge in [-0.15, -0.1) is 0 Å². The standard InChI is InChI=1S/C15H24N2O2S/c1-3-12-20(18,19)15-7-5-4-6-14(15)17(2)11-10-16-13-8-9-13/h4-7,13,16H,3,8-12H2,1-2H3. The van der Waals surface area contributed by atoms with Gasteiger partial charge in [-0.3, -0.25) is 0 Å². The van der Waals surface area contributed by atoms with Crippen LogP contribution in [0.15, 0.2) is 29.2 Å². The number of sulfone groups is 1. The van der Waals surface area contributed by atoms with E-state index in [0.29, 0.717) is 17.4 Å². The van der Waals surface area contributed by atoms with Crippen molar-refractivity contribution in [3.8, 4) is 0 Å². The first-order valence-corrected chi connectivity index (χ1v) is 8.96. The molecule has 0 saturated heterocycles. The van der Waals surface area contributed by atoms with E-state index in [1.165, 1.54) is 12.8 Å². The first-order chi connectivity index (χ1) is 9.54. The molecule has 1 N–H and O–H groups in total. The maximum absolute atomic E-state index is 12.3. The van der Waals surface area contributed by atoms with Crippen LogP contribution in [-0.4, -0.2) is 40.3 Å². The molecule has 0 heterocycles. The van der Waals surface area contributed by atoms with Gasteiger partial charge in [-0.1, -0.05) is 19.1 Å². The second kappa shape index (κ2) is 6.59. The van der Waals surface area contributed by atoms with Gasteiger partial charge in [0.2, 0.25) is 0 Å².